The molecule has 3 aliphatic rings. The molecule has 5 rings (SSSR count). The van der Waals surface area contributed by atoms with E-state index in [1.54, 1.807) is 23.6 Å². The van der Waals surface area contributed by atoms with Gasteiger partial charge >= 0.3 is 0 Å². The van der Waals surface area contributed by atoms with Gasteiger partial charge in [-0.15, -0.1) is 11.3 Å². The largest absolute Gasteiger partial charge is 0.338 e. The standard InChI is InChI=1S/C22H20ClN3O2S/c23-21-18(5-6-29-21)15-8-16-11-26(12-17(16)9-15)20(28)4-1-13-7-14-2-3-19(27)25-22(14)24-10-13/h1,4-8,10,16-17H,2-3,9,11-12H2,(H,24,25,27). The first-order valence-electron chi connectivity index (χ1n) is 9.76. The zero-order valence-electron chi connectivity index (χ0n) is 15.7. The Bertz CT molecular complexity index is 1060. The van der Waals surface area contributed by atoms with Gasteiger partial charge in [-0.3, -0.25) is 9.59 Å². The van der Waals surface area contributed by atoms with Crippen molar-refractivity contribution < 1.29 is 9.59 Å². The summed E-state index contributed by atoms with van der Waals surface area (Å²) in [5.74, 6) is 1.56. The molecule has 2 aromatic rings. The monoisotopic (exact) mass is 425 g/mol. The molecule has 2 aliphatic heterocycles. The first-order chi connectivity index (χ1) is 14.1. The highest BCUT2D eigenvalue weighted by Crippen LogP contribution is 2.43. The van der Waals surface area contributed by atoms with Crippen LogP contribution in [0.5, 0.6) is 0 Å². The molecule has 0 spiro atoms. The number of pyridine rings is 1. The maximum absolute atomic E-state index is 12.7. The predicted molar refractivity (Wildman–Crippen MR) is 116 cm³/mol. The van der Waals surface area contributed by atoms with Crippen molar-refractivity contribution in [3.63, 3.8) is 0 Å². The number of amides is 2. The van der Waals surface area contributed by atoms with Gasteiger partial charge in [-0.25, -0.2) is 4.98 Å². The lowest BCUT2D eigenvalue weighted by atomic mass is 9.99. The van der Waals surface area contributed by atoms with Gasteiger partial charge in [0, 0.05) is 37.3 Å². The van der Waals surface area contributed by atoms with E-state index in [1.165, 1.54) is 5.57 Å². The molecule has 1 saturated heterocycles. The van der Waals surface area contributed by atoms with Crippen molar-refractivity contribution in [1.82, 2.24) is 9.88 Å². The Labute approximate surface area is 178 Å². The second-order valence-electron chi connectivity index (χ2n) is 7.83. The van der Waals surface area contributed by atoms with Gasteiger partial charge in [0.25, 0.3) is 0 Å². The van der Waals surface area contributed by atoms with Crippen LogP contribution in [0.3, 0.4) is 0 Å². The molecular formula is C22H20ClN3O2S. The van der Waals surface area contributed by atoms with Crippen LogP contribution >= 0.6 is 22.9 Å². The van der Waals surface area contributed by atoms with Crippen molar-refractivity contribution in [2.75, 3.05) is 18.4 Å². The molecule has 1 aliphatic carbocycles. The predicted octanol–water partition coefficient (Wildman–Crippen LogP) is 4.26. The van der Waals surface area contributed by atoms with Gasteiger partial charge in [-0.2, -0.15) is 0 Å². The van der Waals surface area contributed by atoms with Gasteiger partial charge in [-0.05, 0) is 65.0 Å². The van der Waals surface area contributed by atoms with E-state index in [4.69, 9.17) is 11.6 Å². The SMILES string of the molecule is O=C1CCc2cc(C=CC(=O)N3CC4C=C(c5ccsc5Cl)CC4C3)cnc2N1. The maximum Gasteiger partial charge on any atom is 0.246 e. The zero-order chi connectivity index (χ0) is 20.0. The maximum atomic E-state index is 12.7. The number of fused-ring (bicyclic) bond motifs is 2. The minimum Gasteiger partial charge on any atom is -0.338 e. The number of carbonyl (C=O) groups excluding carboxylic acids is 2. The number of allylic oxidation sites excluding steroid dienone is 1. The molecule has 0 saturated carbocycles. The lowest BCUT2D eigenvalue weighted by Crippen LogP contribution is -2.27. The van der Waals surface area contributed by atoms with Crippen molar-refractivity contribution >= 4 is 52.2 Å². The van der Waals surface area contributed by atoms with Crippen LogP contribution in [-0.4, -0.2) is 34.8 Å². The van der Waals surface area contributed by atoms with Crippen molar-refractivity contribution in [1.29, 1.82) is 0 Å². The summed E-state index contributed by atoms with van der Waals surface area (Å²) in [6.45, 7) is 1.54. The van der Waals surface area contributed by atoms with Gasteiger partial charge in [0.1, 0.15) is 10.2 Å². The van der Waals surface area contributed by atoms with E-state index < -0.39 is 0 Å². The Kier molecular flexibility index (Phi) is 4.76. The summed E-state index contributed by atoms with van der Waals surface area (Å²) >= 11 is 7.85. The molecular weight excluding hydrogens is 406 g/mol. The number of carbonyl (C=O) groups is 2. The van der Waals surface area contributed by atoms with E-state index >= 15 is 0 Å². The molecule has 5 nitrogen and oxygen atoms in total. The lowest BCUT2D eigenvalue weighted by molar-refractivity contribution is -0.125. The van der Waals surface area contributed by atoms with Crippen LogP contribution in [0.4, 0.5) is 5.82 Å². The zero-order valence-corrected chi connectivity index (χ0v) is 17.3. The van der Waals surface area contributed by atoms with E-state index in [1.807, 2.05) is 22.4 Å². The van der Waals surface area contributed by atoms with Crippen molar-refractivity contribution in [2.24, 2.45) is 11.8 Å². The van der Waals surface area contributed by atoms with Gasteiger partial charge in [0.2, 0.25) is 11.8 Å². The minimum atomic E-state index is 0.00142. The van der Waals surface area contributed by atoms with Gasteiger partial charge in [0.15, 0.2) is 0 Å². The van der Waals surface area contributed by atoms with Crippen LogP contribution in [0, 0.1) is 11.8 Å². The van der Waals surface area contributed by atoms with Crippen LogP contribution in [0.25, 0.3) is 11.6 Å². The molecule has 2 unspecified atom stereocenters. The number of likely N-dealkylation sites (tertiary alicyclic amines) is 1. The minimum absolute atomic E-state index is 0.00142. The quantitative estimate of drug-likeness (QED) is 0.747. The molecule has 0 radical (unpaired) electrons. The van der Waals surface area contributed by atoms with E-state index in [0.717, 1.165) is 40.5 Å². The highest BCUT2D eigenvalue weighted by Gasteiger charge is 2.38. The van der Waals surface area contributed by atoms with E-state index in [-0.39, 0.29) is 11.8 Å². The summed E-state index contributed by atoms with van der Waals surface area (Å²) < 4.78 is 0.852. The second-order valence-corrected chi connectivity index (χ2v) is 9.35. The molecule has 0 aromatic carbocycles. The third kappa shape index (κ3) is 3.63. The van der Waals surface area contributed by atoms with E-state index in [9.17, 15) is 9.59 Å². The first kappa shape index (κ1) is 18.6. The van der Waals surface area contributed by atoms with Crippen LogP contribution < -0.4 is 5.32 Å². The molecule has 7 heteroatoms. The number of nitrogens with one attached hydrogen (secondary N) is 1. The highest BCUT2D eigenvalue weighted by molar-refractivity contribution is 7.14. The molecule has 29 heavy (non-hydrogen) atoms. The fourth-order valence-corrected chi connectivity index (χ4v) is 5.44. The topological polar surface area (TPSA) is 62.3 Å². The molecule has 2 atom stereocenters. The smallest absolute Gasteiger partial charge is 0.246 e. The number of anilines is 1. The molecule has 2 amide bonds. The Morgan fingerprint density at radius 2 is 2.24 bits per heavy atom. The number of thiophene rings is 1. The van der Waals surface area contributed by atoms with E-state index in [2.05, 4.69) is 22.4 Å². The second kappa shape index (κ2) is 7.43. The normalized spacial score (nSPS) is 23.1. The van der Waals surface area contributed by atoms with Crippen LogP contribution in [0.15, 0.2) is 35.9 Å². The fraction of sp³-hybridized carbons (Fsp3) is 0.318. The summed E-state index contributed by atoms with van der Waals surface area (Å²) in [6, 6.07) is 4.08. The third-order valence-corrected chi connectivity index (χ3v) is 7.12. The summed E-state index contributed by atoms with van der Waals surface area (Å²) in [5.41, 5.74) is 4.36. The molecule has 1 N–H and O–H groups in total. The van der Waals surface area contributed by atoms with Gasteiger partial charge in [0.05, 0.1) is 0 Å². The first-order valence-corrected chi connectivity index (χ1v) is 11.0. The average Bonchev–Trinajstić information content (AvgIpc) is 3.40. The number of aromatic nitrogens is 1. The number of hydrogen-bond donors (Lipinski definition) is 1. The van der Waals surface area contributed by atoms with Crippen LogP contribution in [-0.2, 0) is 16.0 Å². The number of rotatable bonds is 3. The molecule has 0 bridgehead atoms. The van der Waals surface area contributed by atoms with Crippen molar-refractivity contribution in [3.8, 4) is 0 Å². The Balaban J connectivity index is 1.23. The number of aryl methyl sites for hydroxylation is 1. The third-order valence-electron chi connectivity index (χ3n) is 5.95. The Hall–Kier alpha value is -2.44. The molecule has 1 fully saturated rings. The Morgan fingerprint density at radius 1 is 1.34 bits per heavy atom. The molecule has 4 heterocycles. The fourth-order valence-electron chi connectivity index (χ4n) is 4.45. The van der Waals surface area contributed by atoms with Crippen molar-refractivity contribution in [3.05, 3.63) is 56.9 Å². The summed E-state index contributed by atoms with van der Waals surface area (Å²) in [5, 5.41) is 4.80. The van der Waals surface area contributed by atoms with Gasteiger partial charge in [-0.1, -0.05) is 17.7 Å². The number of nitrogens with zero attached hydrogens (tertiary/aromatic N) is 2. The van der Waals surface area contributed by atoms with Crippen molar-refractivity contribution in [2.45, 2.75) is 19.3 Å². The average molecular weight is 426 g/mol. The molecule has 148 valence electrons. The van der Waals surface area contributed by atoms with Crippen LogP contribution in [0.2, 0.25) is 4.34 Å². The lowest BCUT2D eigenvalue weighted by Gasteiger charge is -2.16. The summed E-state index contributed by atoms with van der Waals surface area (Å²) in [7, 11) is 0. The Morgan fingerprint density at radius 3 is 3.03 bits per heavy atom. The number of hydrogen-bond acceptors (Lipinski definition) is 4. The molecule has 2 aromatic heterocycles. The summed E-state index contributed by atoms with van der Waals surface area (Å²) in [6.07, 6.45) is 9.57. The summed E-state index contributed by atoms with van der Waals surface area (Å²) in [4.78, 5) is 30.3. The number of halogens is 1. The van der Waals surface area contributed by atoms with Crippen LogP contribution in [0.1, 0.15) is 29.5 Å². The van der Waals surface area contributed by atoms with E-state index in [0.29, 0.717) is 30.5 Å². The van der Waals surface area contributed by atoms with Gasteiger partial charge < -0.3 is 10.2 Å². The highest BCUT2D eigenvalue weighted by atomic mass is 35.5.